The largest absolute Gasteiger partial charge is 0.309 e. The van der Waals surface area contributed by atoms with Crippen molar-refractivity contribution in [3.05, 3.63) is 34.9 Å². The van der Waals surface area contributed by atoms with Crippen LogP contribution in [0, 0.1) is 13.8 Å². The highest BCUT2D eigenvalue weighted by atomic mass is 15.1. The Morgan fingerprint density at radius 2 is 1.78 bits per heavy atom. The van der Waals surface area contributed by atoms with Gasteiger partial charge < -0.3 is 10.2 Å². The lowest BCUT2D eigenvalue weighted by molar-refractivity contribution is 0.354. The molecule has 0 aliphatic carbocycles. The molecule has 2 heteroatoms. The van der Waals surface area contributed by atoms with Crippen molar-refractivity contribution in [2.75, 3.05) is 20.6 Å². The number of nitrogens with zero attached hydrogens (tertiary/aromatic N) is 1. The number of benzene rings is 1. The molecule has 0 aromatic heterocycles. The first kappa shape index (κ1) is 15.2. The molecule has 0 amide bonds. The van der Waals surface area contributed by atoms with Crippen molar-refractivity contribution in [3.8, 4) is 0 Å². The second kappa shape index (κ2) is 6.91. The van der Waals surface area contributed by atoms with Crippen molar-refractivity contribution in [2.24, 2.45) is 0 Å². The summed E-state index contributed by atoms with van der Waals surface area (Å²) in [6, 6.07) is 7.71. The molecule has 2 unspecified atom stereocenters. The molecule has 18 heavy (non-hydrogen) atoms. The summed E-state index contributed by atoms with van der Waals surface area (Å²) in [4.78, 5) is 2.23. The third-order valence-electron chi connectivity index (χ3n) is 3.57. The van der Waals surface area contributed by atoms with Crippen molar-refractivity contribution in [1.82, 2.24) is 10.2 Å². The first-order chi connectivity index (χ1) is 8.40. The Morgan fingerprint density at radius 3 is 2.33 bits per heavy atom. The monoisotopic (exact) mass is 248 g/mol. The molecule has 1 aromatic carbocycles. The van der Waals surface area contributed by atoms with Gasteiger partial charge in [-0.2, -0.15) is 0 Å². The molecule has 0 radical (unpaired) electrons. The van der Waals surface area contributed by atoms with Crippen molar-refractivity contribution >= 4 is 0 Å². The highest BCUT2D eigenvalue weighted by Crippen LogP contribution is 2.17. The minimum Gasteiger partial charge on any atom is -0.309 e. The molecular weight excluding hydrogens is 220 g/mol. The maximum atomic E-state index is 3.67. The van der Waals surface area contributed by atoms with Crippen LogP contribution in [0.25, 0.3) is 0 Å². The van der Waals surface area contributed by atoms with E-state index in [1.54, 1.807) is 0 Å². The van der Waals surface area contributed by atoms with E-state index in [1.807, 2.05) is 0 Å². The predicted octanol–water partition coefficient (Wildman–Crippen LogP) is 3.29. The van der Waals surface area contributed by atoms with E-state index < -0.39 is 0 Å². The number of nitrogens with one attached hydrogen (secondary N) is 1. The molecule has 0 bridgehead atoms. The van der Waals surface area contributed by atoms with Crippen LogP contribution >= 0.6 is 0 Å². The zero-order chi connectivity index (χ0) is 13.7. The van der Waals surface area contributed by atoms with Gasteiger partial charge in [0.25, 0.3) is 0 Å². The lowest BCUT2D eigenvalue weighted by Crippen LogP contribution is -2.31. The van der Waals surface area contributed by atoms with Crippen LogP contribution in [0.1, 0.15) is 43.0 Å². The average molecular weight is 248 g/mol. The first-order valence-corrected chi connectivity index (χ1v) is 6.88. The van der Waals surface area contributed by atoms with E-state index in [-0.39, 0.29) is 0 Å². The van der Waals surface area contributed by atoms with Gasteiger partial charge in [-0.15, -0.1) is 0 Å². The maximum absolute atomic E-state index is 3.67. The Hall–Kier alpha value is -0.860. The van der Waals surface area contributed by atoms with Crippen LogP contribution in [0.3, 0.4) is 0 Å². The maximum Gasteiger partial charge on any atom is 0.0294 e. The smallest absolute Gasteiger partial charge is 0.0294 e. The van der Waals surface area contributed by atoms with Crippen LogP contribution in [0.15, 0.2) is 18.2 Å². The minimum absolute atomic E-state index is 0.418. The van der Waals surface area contributed by atoms with E-state index in [2.05, 4.69) is 70.2 Å². The second-order valence-electron chi connectivity index (χ2n) is 5.73. The number of rotatable bonds is 6. The highest BCUT2D eigenvalue weighted by molar-refractivity contribution is 5.31. The van der Waals surface area contributed by atoms with E-state index in [9.17, 15) is 0 Å². The zero-order valence-electron chi connectivity index (χ0n) is 12.7. The molecule has 0 aliphatic rings. The third-order valence-corrected chi connectivity index (χ3v) is 3.57. The van der Waals surface area contributed by atoms with Crippen LogP contribution in [0.2, 0.25) is 0 Å². The normalized spacial score (nSPS) is 14.8. The molecule has 0 fully saturated rings. The fourth-order valence-corrected chi connectivity index (χ4v) is 2.09. The summed E-state index contributed by atoms with van der Waals surface area (Å²) in [5.41, 5.74) is 4.13. The van der Waals surface area contributed by atoms with Gasteiger partial charge in [0.15, 0.2) is 0 Å². The Balaban J connectivity index is 2.53. The third kappa shape index (κ3) is 4.79. The number of hydrogen-bond acceptors (Lipinski definition) is 2. The minimum atomic E-state index is 0.418. The average Bonchev–Trinajstić information content (AvgIpc) is 2.30. The van der Waals surface area contributed by atoms with Crippen LogP contribution in [0.5, 0.6) is 0 Å². The summed E-state index contributed by atoms with van der Waals surface area (Å²) in [5, 5.41) is 3.67. The number of aryl methyl sites for hydroxylation is 2. The van der Waals surface area contributed by atoms with Crippen molar-refractivity contribution < 1.29 is 0 Å². The van der Waals surface area contributed by atoms with Crippen molar-refractivity contribution in [2.45, 2.75) is 46.2 Å². The molecule has 0 saturated carbocycles. The number of hydrogen-bond donors (Lipinski definition) is 1. The lowest BCUT2D eigenvalue weighted by Gasteiger charge is -2.22. The fraction of sp³-hybridized carbons (Fsp3) is 0.625. The van der Waals surface area contributed by atoms with Gasteiger partial charge in [-0.25, -0.2) is 0 Å². The van der Waals surface area contributed by atoms with Crippen molar-refractivity contribution in [1.29, 1.82) is 0 Å². The molecule has 102 valence electrons. The summed E-state index contributed by atoms with van der Waals surface area (Å²) in [5.74, 6) is 0. The molecule has 1 rings (SSSR count). The topological polar surface area (TPSA) is 15.3 Å². The summed E-state index contributed by atoms with van der Waals surface area (Å²) >= 11 is 0. The van der Waals surface area contributed by atoms with Crippen LogP contribution in [-0.4, -0.2) is 31.6 Å². The van der Waals surface area contributed by atoms with Gasteiger partial charge in [0.05, 0.1) is 0 Å². The summed E-state index contributed by atoms with van der Waals surface area (Å²) in [6.07, 6.45) is 1.18. The molecule has 1 N–H and O–H groups in total. The summed E-state index contributed by atoms with van der Waals surface area (Å²) in [7, 11) is 4.25. The van der Waals surface area contributed by atoms with E-state index in [0.29, 0.717) is 12.1 Å². The summed E-state index contributed by atoms with van der Waals surface area (Å²) < 4.78 is 0. The lowest BCUT2D eigenvalue weighted by atomic mass is 10.0. The fourth-order valence-electron chi connectivity index (χ4n) is 2.09. The zero-order valence-corrected chi connectivity index (χ0v) is 12.7. The van der Waals surface area contributed by atoms with Gasteiger partial charge in [-0.05, 0) is 71.4 Å². The molecular formula is C16H28N2. The van der Waals surface area contributed by atoms with Crippen LogP contribution in [-0.2, 0) is 0 Å². The second-order valence-corrected chi connectivity index (χ2v) is 5.73. The quantitative estimate of drug-likeness (QED) is 0.831. The molecule has 0 heterocycles. The van der Waals surface area contributed by atoms with E-state index in [0.717, 1.165) is 6.54 Å². The van der Waals surface area contributed by atoms with E-state index in [4.69, 9.17) is 0 Å². The van der Waals surface area contributed by atoms with Crippen LogP contribution in [0.4, 0.5) is 0 Å². The molecule has 0 aliphatic heterocycles. The van der Waals surface area contributed by atoms with Crippen LogP contribution < -0.4 is 5.32 Å². The Morgan fingerprint density at radius 1 is 1.11 bits per heavy atom. The SMILES string of the molecule is Cc1ccc(C(C)NC(C)CCN(C)C)cc1C. The van der Waals surface area contributed by atoms with Gasteiger partial charge in [-0.1, -0.05) is 18.2 Å². The first-order valence-electron chi connectivity index (χ1n) is 6.88. The van der Waals surface area contributed by atoms with Crippen molar-refractivity contribution in [3.63, 3.8) is 0 Å². The van der Waals surface area contributed by atoms with E-state index >= 15 is 0 Å². The molecule has 2 atom stereocenters. The molecule has 0 saturated heterocycles. The Bertz CT molecular complexity index is 371. The van der Waals surface area contributed by atoms with Gasteiger partial charge in [0.2, 0.25) is 0 Å². The van der Waals surface area contributed by atoms with Gasteiger partial charge >= 0.3 is 0 Å². The Kier molecular flexibility index (Phi) is 5.83. The standard InChI is InChI=1S/C16H28N2/c1-12-7-8-16(11-13(12)2)15(4)17-14(3)9-10-18(5)6/h7-8,11,14-15,17H,9-10H2,1-6H3. The van der Waals surface area contributed by atoms with Gasteiger partial charge in [-0.3, -0.25) is 0 Å². The van der Waals surface area contributed by atoms with Gasteiger partial charge in [0.1, 0.15) is 0 Å². The highest BCUT2D eigenvalue weighted by Gasteiger charge is 2.10. The molecule has 2 nitrogen and oxygen atoms in total. The van der Waals surface area contributed by atoms with E-state index in [1.165, 1.54) is 23.1 Å². The van der Waals surface area contributed by atoms with Gasteiger partial charge in [0, 0.05) is 12.1 Å². The Labute approximate surface area is 112 Å². The molecule has 0 spiro atoms. The summed E-state index contributed by atoms with van der Waals surface area (Å²) in [6.45, 7) is 9.99. The molecule has 1 aromatic rings. The predicted molar refractivity (Wildman–Crippen MR) is 80.1 cm³/mol.